The molecule has 1 aliphatic rings. The molecule has 2 rings (SSSR count). The average Bonchev–Trinajstić information content (AvgIpc) is 2.90. The highest BCUT2D eigenvalue weighted by molar-refractivity contribution is 14.0. The van der Waals surface area contributed by atoms with Gasteiger partial charge in [-0.05, 0) is 44.7 Å². The average molecular weight is 513 g/mol. The van der Waals surface area contributed by atoms with E-state index in [2.05, 4.69) is 28.6 Å². The summed E-state index contributed by atoms with van der Waals surface area (Å²) in [6, 6.07) is 4.00. The van der Waals surface area contributed by atoms with Crippen LogP contribution in [0.25, 0.3) is 0 Å². The van der Waals surface area contributed by atoms with Crippen LogP contribution in [0, 0.1) is 0 Å². The first-order valence-electron chi connectivity index (χ1n) is 9.23. The van der Waals surface area contributed by atoms with E-state index in [-0.39, 0.29) is 24.0 Å². The minimum atomic E-state index is 0. The summed E-state index contributed by atoms with van der Waals surface area (Å²) in [6.07, 6.45) is 5.89. The van der Waals surface area contributed by atoms with Gasteiger partial charge in [-0.25, -0.2) is 0 Å². The summed E-state index contributed by atoms with van der Waals surface area (Å²) in [5.74, 6) is 1.15. The number of nitrogens with zero attached hydrogens (tertiary/aromatic N) is 2. The van der Waals surface area contributed by atoms with Gasteiger partial charge in [-0.3, -0.25) is 9.79 Å². The second kappa shape index (κ2) is 13.6. The van der Waals surface area contributed by atoms with Crippen LogP contribution in [0.3, 0.4) is 0 Å². The van der Waals surface area contributed by atoms with Gasteiger partial charge in [-0.15, -0.1) is 35.3 Å². The molecule has 2 heterocycles. The Bertz CT molecular complexity index is 567. The Morgan fingerprint density at radius 1 is 1.31 bits per heavy atom. The second-order valence-corrected chi connectivity index (χ2v) is 7.99. The molecular formula is C18H30ClIN4OS. The van der Waals surface area contributed by atoms with Gasteiger partial charge >= 0.3 is 0 Å². The summed E-state index contributed by atoms with van der Waals surface area (Å²) in [5, 5.41) is 6.62. The van der Waals surface area contributed by atoms with Crippen LogP contribution in [-0.4, -0.2) is 49.5 Å². The van der Waals surface area contributed by atoms with Gasteiger partial charge in [-0.2, -0.15) is 0 Å². The predicted molar refractivity (Wildman–Crippen MR) is 122 cm³/mol. The van der Waals surface area contributed by atoms with E-state index < -0.39 is 0 Å². The number of halogens is 2. The molecule has 8 heteroatoms. The molecule has 0 spiro atoms. The Morgan fingerprint density at radius 3 is 2.88 bits per heavy atom. The zero-order chi connectivity index (χ0) is 17.9. The first kappa shape index (κ1) is 23.5. The molecule has 0 unspecified atom stereocenters. The highest BCUT2D eigenvalue weighted by Gasteiger charge is 2.15. The number of aliphatic imine (C=N–C) groups is 1. The van der Waals surface area contributed by atoms with Crippen molar-refractivity contribution in [3.63, 3.8) is 0 Å². The van der Waals surface area contributed by atoms with Crippen molar-refractivity contribution in [1.82, 2.24) is 15.5 Å². The molecule has 2 N–H and O–H groups in total. The fourth-order valence-corrected chi connectivity index (χ4v) is 3.95. The van der Waals surface area contributed by atoms with Gasteiger partial charge in [0.1, 0.15) is 0 Å². The highest BCUT2D eigenvalue weighted by Crippen LogP contribution is 2.21. The molecule has 1 aliphatic heterocycles. The number of carbonyl (C=O) groups excluding carboxylic acids is 1. The molecule has 0 aliphatic carbocycles. The van der Waals surface area contributed by atoms with E-state index >= 15 is 0 Å². The summed E-state index contributed by atoms with van der Waals surface area (Å²) in [6.45, 7) is 6.17. The van der Waals surface area contributed by atoms with E-state index in [0.29, 0.717) is 12.3 Å². The monoisotopic (exact) mass is 512 g/mol. The molecule has 1 aromatic rings. The summed E-state index contributed by atoms with van der Waals surface area (Å²) < 4.78 is 0.832. The van der Waals surface area contributed by atoms with Gasteiger partial charge in [0.25, 0.3) is 0 Å². The molecule has 1 fully saturated rings. The SMILES string of the molecule is CCNC(=NCCCN1CCCCCC1=O)NCCc1ccc(Cl)s1.I. The zero-order valence-corrected chi connectivity index (χ0v) is 19.3. The smallest absolute Gasteiger partial charge is 0.222 e. The lowest BCUT2D eigenvalue weighted by atomic mass is 10.2. The highest BCUT2D eigenvalue weighted by atomic mass is 127. The molecule has 148 valence electrons. The number of guanidine groups is 1. The Kier molecular flexibility index (Phi) is 12.3. The number of hydrogen-bond donors (Lipinski definition) is 2. The van der Waals surface area contributed by atoms with Gasteiger partial charge in [0, 0.05) is 44.0 Å². The van der Waals surface area contributed by atoms with Crippen molar-refractivity contribution in [2.75, 3.05) is 32.7 Å². The van der Waals surface area contributed by atoms with Gasteiger partial charge in [0.2, 0.25) is 5.91 Å². The van der Waals surface area contributed by atoms with Crippen LogP contribution < -0.4 is 10.6 Å². The van der Waals surface area contributed by atoms with Crippen LogP contribution in [0.1, 0.15) is 43.9 Å². The van der Waals surface area contributed by atoms with Gasteiger partial charge in [0.05, 0.1) is 4.34 Å². The molecule has 5 nitrogen and oxygen atoms in total. The predicted octanol–water partition coefficient (Wildman–Crippen LogP) is 3.91. The molecule has 1 amide bonds. The third-order valence-corrected chi connectivity index (χ3v) is 5.46. The number of thiophene rings is 1. The largest absolute Gasteiger partial charge is 0.357 e. The van der Waals surface area contributed by atoms with E-state index in [1.54, 1.807) is 11.3 Å². The molecule has 0 bridgehead atoms. The van der Waals surface area contributed by atoms with Crippen LogP contribution >= 0.6 is 46.9 Å². The second-order valence-electron chi connectivity index (χ2n) is 6.19. The fraction of sp³-hybridized carbons (Fsp3) is 0.667. The maximum Gasteiger partial charge on any atom is 0.222 e. The van der Waals surface area contributed by atoms with Crippen molar-refractivity contribution in [2.24, 2.45) is 4.99 Å². The summed E-state index contributed by atoms with van der Waals surface area (Å²) in [5.41, 5.74) is 0. The third kappa shape index (κ3) is 8.90. The van der Waals surface area contributed by atoms with E-state index in [4.69, 9.17) is 11.6 Å². The Balaban J connectivity index is 0.00000338. The number of amides is 1. The number of rotatable bonds is 8. The van der Waals surface area contributed by atoms with E-state index in [1.165, 1.54) is 11.3 Å². The van der Waals surface area contributed by atoms with Crippen LogP contribution in [0.5, 0.6) is 0 Å². The third-order valence-electron chi connectivity index (χ3n) is 4.16. The molecule has 0 aromatic carbocycles. The van der Waals surface area contributed by atoms with Crippen LogP contribution in [0.2, 0.25) is 4.34 Å². The van der Waals surface area contributed by atoms with E-state index in [9.17, 15) is 4.79 Å². The minimum Gasteiger partial charge on any atom is -0.357 e. The maximum atomic E-state index is 12.0. The fourth-order valence-electron chi connectivity index (χ4n) is 2.86. The summed E-state index contributed by atoms with van der Waals surface area (Å²) in [4.78, 5) is 19.9. The summed E-state index contributed by atoms with van der Waals surface area (Å²) in [7, 11) is 0. The Hall–Kier alpha value is -0.540. The van der Waals surface area contributed by atoms with Crippen LogP contribution in [0.15, 0.2) is 17.1 Å². The van der Waals surface area contributed by atoms with Crippen molar-refractivity contribution < 1.29 is 4.79 Å². The maximum absolute atomic E-state index is 12.0. The normalized spacial score (nSPS) is 15.4. The van der Waals surface area contributed by atoms with Crippen molar-refractivity contribution in [3.8, 4) is 0 Å². The molecule has 26 heavy (non-hydrogen) atoms. The Morgan fingerprint density at radius 2 is 2.15 bits per heavy atom. The molecule has 1 aromatic heterocycles. The van der Waals surface area contributed by atoms with Gasteiger partial charge in [-0.1, -0.05) is 18.0 Å². The first-order valence-corrected chi connectivity index (χ1v) is 10.4. The van der Waals surface area contributed by atoms with Crippen LogP contribution in [0.4, 0.5) is 0 Å². The number of nitrogens with one attached hydrogen (secondary N) is 2. The molecular weight excluding hydrogens is 483 g/mol. The van der Waals surface area contributed by atoms with Crippen molar-refractivity contribution >= 4 is 58.8 Å². The van der Waals surface area contributed by atoms with Gasteiger partial charge < -0.3 is 15.5 Å². The lowest BCUT2D eigenvalue weighted by Gasteiger charge is -2.20. The van der Waals surface area contributed by atoms with Crippen LogP contribution in [-0.2, 0) is 11.2 Å². The van der Waals surface area contributed by atoms with Crippen molar-refractivity contribution in [2.45, 2.75) is 45.4 Å². The number of likely N-dealkylation sites (tertiary alicyclic amines) is 1. The molecule has 0 saturated carbocycles. The molecule has 0 radical (unpaired) electrons. The Labute approximate surface area is 183 Å². The van der Waals surface area contributed by atoms with Crippen molar-refractivity contribution in [3.05, 3.63) is 21.3 Å². The standard InChI is InChI=1S/C18H29ClN4OS.HI/c1-2-20-18(22-12-10-15-8-9-16(19)25-15)21-11-6-14-23-13-5-3-4-7-17(23)24;/h8-9H,2-7,10-14H2,1H3,(H2,20,21,22);1H. The van der Waals surface area contributed by atoms with E-state index in [1.807, 2.05) is 11.0 Å². The lowest BCUT2D eigenvalue weighted by Crippen LogP contribution is -2.38. The summed E-state index contributed by atoms with van der Waals surface area (Å²) >= 11 is 7.57. The van der Waals surface area contributed by atoms with E-state index in [0.717, 1.165) is 68.7 Å². The zero-order valence-electron chi connectivity index (χ0n) is 15.4. The number of hydrogen-bond acceptors (Lipinski definition) is 3. The topological polar surface area (TPSA) is 56.7 Å². The quantitative estimate of drug-likeness (QED) is 0.240. The lowest BCUT2D eigenvalue weighted by molar-refractivity contribution is -0.130. The van der Waals surface area contributed by atoms with Crippen molar-refractivity contribution in [1.29, 1.82) is 0 Å². The number of carbonyl (C=O) groups is 1. The minimum absolute atomic E-state index is 0. The van der Waals surface area contributed by atoms with Gasteiger partial charge in [0.15, 0.2) is 5.96 Å². The molecule has 0 atom stereocenters. The first-order chi connectivity index (χ1) is 12.2. The molecule has 1 saturated heterocycles.